The number of sulfonamides is 1. The van der Waals surface area contributed by atoms with Crippen LogP contribution in [0.1, 0.15) is 25.8 Å². The second-order valence-electron chi connectivity index (χ2n) is 6.80. The average molecular weight is 394 g/mol. The molecule has 2 aromatic carbocycles. The van der Waals surface area contributed by atoms with E-state index in [4.69, 9.17) is 0 Å². The number of nitrogens with one attached hydrogen (secondary N) is 1. The summed E-state index contributed by atoms with van der Waals surface area (Å²) in [6.07, 6.45) is 1.62. The fraction of sp³-hybridized carbons (Fsp3) is 0.316. The highest BCUT2D eigenvalue weighted by molar-refractivity contribution is 7.92. The number of aryl methyl sites for hydroxylation is 1. The second kappa shape index (κ2) is 7.26. The number of hydrogen-bond acceptors (Lipinski definition) is 3. The highest BCUT2D eigenvalue weighted by Crippen LogP contribution is 2.32. The van der Waals surface area contributed by atoms with E-state index in [0.717, 1.165) is 30.5 Å². The van der Waals surface area contributed by atoms with Gasteiger partial charge in [0, 0.05) is 24.2 Å². The smallest absolute Gasteiger partial charge is 0.262 e. The Balaban J connectivity index is 1.94. The summed E-state index contributed by atoms with van der Waals surface area (Å²) in [5, 5.41) is 0. The van der Waals surface area contributed by atoms with Crippen molar-refractivity contribution in [2.75, 3.05) is 16.2 Å². The van der Waals surface area contributed by atoms with E-state index in [9.17, 15) is 22.0 Å². The van der Waals surface area contributed by atoms with E-state index >= 15 is 0 Å². The lowest BCUT2D eigenvalue weighted by molar-refractivity contribution is -0.121. The molecule has 0 radical (unpaired) electrons. The maximum absolute atomic E-state index is 13.4. The molecule has 0 saturated carbocycles. The van der Waals surface area contributed by atoms with Crippen LogP contribution in [0.25, 0.3) is 0 Å². The predicted molar refractivity (Wildman–Crippen MR) is 99.1 cm³/mol. The Bertz CT molecular complexity index is 970. The molecule has 0 aliphatic carbocycles. The average Bonchev–Trinajstić information content (AvgIpc) is 2.59. The zero-order valence-electron chi connectivity index (χ0n) is 15.0. The van der Waals surface area contributed by atoms with E-state index in [2.05, 4.69) is 4.72 Å². The summed E-state index contributed by atoms with van der Waals surface area (Å²) in [7, 11) is -4.17. The van der Waals surface area contributed by atoms with Gasteiger partial charge in [0.25, 0.3) is 10.0 Å². The van der Waals surface area contributed by atoms with Gasteiger partial charge in [-0.3, -0.25) is 9.52 Å². The van der Waals surface area contributed by atoms with Crippen LogP contribution in [0.2, 0.25) is 0 Å². The van der Waals surface area contributed by atoms with Crippen molar-refractivity contribution < 1.29 is 22.0 Å². The molecule has 2 aromatic rings. The topological polar surface area (TPSA) is 66.5 Å². The predicted octanol–water partition coefficient (Wildman–Crippen LogP) is 3.70. The lowest BCUT2D eigenvalue weighted by Crippen LogP contribution is -2.38. The Morgan fingerprint density at radius 1 is 1.11 bits per heavy atom. The lowest BCUT2D eigenvalue weighted by atomic mass is 9.99. The van der Waals surface area contributed by atoms with Gasteiger partial charge in [-0.15, -0.1) is 0 Å². The highest BCUT2D eigenvalue weighted by Gasteiger charge is 2.25. The Hall–Kier alpha value is -2.48. The minimum Gasteiger partial charge on any atom is -0.312 e. The van der Waals surface area contributed by atoms with Crippen molar-refractivity contribution in [2.24, 2.45) is 5.92 Å². The normalized spacial score (nSPS) is 14.2. The maximum Gasteiger partial charge on any atom is 0.262 e. The number of carbonyl (C=O) groups is 1. The van der Waals surface area contributed by atoms with Crippen molar-refractivity contribution in [3.8, 4) is 0 Å². The molecular weight excluding hydrogens is 374 g/mol. The summed E-state index contributed by atoms with van der Waals surface area (Å²) in [4.78, 5) is 13.6. The Kier molecular flexibility index (Phi) is 5.19. The molecular formula is C19H20F2N2O3S. The van der Waals surface area contributed by atoms with E-state index < -0.39 is 26.6 Å². The minimum absolute atomic E-state index is 0.0387. The van der Waals surface area contributed by atoms with Crippen molar-refractivity contribution in [3.63, 3.8) is 0 Å². The molecule has 0 saturated heterocycles. The molecule has 0 fully saturated rings. The first-order valence-corrected chi connectivity index (χ1v) is 10.1. The quantitative estimate of drug-likeness (QED) is 0.860. The van der Waals surface area contributed by atoms with Gasteiger partial charge in [-0.05, 0) is 42.7 Å². The maximum atomic E-state index is 13.4. The molecule has 1 N–H and O–H groups in total. The van der Waals surface area contributed by atoms with Gasteiger partial charge >= 0.3 is 0 Å². The third-order valence-electron chi connectivity index (χ3n) is 4.36. The van der Waals surface area contributed by atoms with Gasteiger partial charge in [0.2, 0.25) is 5.91 Å². The first-order chi connectivity index (χ1) is 12.7. The van der Waals surface area contributed by atoms with Crippen molar-refractivity contribution in [2.45, 2.75) is 31.6 Å². The summed E-state index contributed by atoms with van der Waals surface area (Å²) in [5.74, 6) is -2.18. The number of fused-ring (bicyclic) bond motifs is 1. The van der Waals surface area contributed by atoms with Gasteiger partial charge in [0.05, 0.1) is 10.6 Å². The number of carbonyl (C=O) groups excluding carboxylic acids is 1. The first-order valence-electron chi connectivity index (χ1n) is 8.60. The van der Waals surface area contributed by atoms with Crippen LogP contribution in [-0.4, -0.2) is 20.9 Å². The molecule has 0 spiro atoms. The van der Waals surface area contributed by atoms with Crippen LogP contribution in [0.3, 0.4) is 0 Å². The number of halogens is 2. The zero-order chi connectivity index (χ0) is 19.8. The molecule has 144 valence electrons. The summed E-state index contributed by atoms with van der Waals surface area (Å²) >= 11 is 0. The van der Waals surface area contributed by atoms with Gasteiger partial charge in [0.1, 0.15) is 11.6 Å². The number of nitrogens with zero attached hydrogens (tertiary/aromatic N) is 1. The minimum atomic E-state index is -4.17. The van der Waals surface area contributed by atoms with Crippen LogP contribution in [0.4, 0.5) is 20.2 Å². The molecule has 0 unspecified atom stereocenters. The van der Waals surface area contributed by atoms with E-state index in [1.54, 1.807) is 23.1 Å². The fourth-order valence-corrected chi connectivity index (χ4v) is 4.17. The fourth-order valence-electron chi connectivity index (χ4n) is 3.08. The Morgan fingerprint density at radius 2 is 1.78 bits per heavy atom. The molecule has 1 aliphatic rings. The summed E-state index contributed by atoms with van der Waals surface area (Å²) < 4.78 is 54.0. The van der Waals surface area contributed by atoms with Crippen molar-refractivity contribution >= 4 is 27.3 Å². The number of anilines is 2. The highest BCUT2D eigenvalue weighted by atomic mass is 32.2. The Morgan fingerprint density at radius 3 is 2.41 bits per heavy atom. The molecule has 5 nitrogen and oxygen atoms in total. The van der Waals surface area contributed by atoms with Gasteiger partial charge in [-0.25, -0.2) is 17.2 Å². The summed E-state index contributed by atoms with van der Waals surface area (Å²) in [6, 6.07) is 7.03. The van der Waals surface area contributed by atoms with Crippen molar-refractivity contribution in [1.29, 1.82) is 0 Å². The molecule has 0 aromatic heterocycles. The third-order valence-corrected chi connectivity index (χ3v) is 5.72. The lowest BCUT2D eigenvalue weighted by Gasteiger charge is -2.31. The van der Waals surface area contributed by atoms with Gasteiger partial charge < -0.3 is 4.90 Å². The molecule has 0 bridgehead atoms. The van der Waals surface area contributed by atoms with E-state index in [-0.39, 0.29) is 17.5 Å². The Labute approximate surface area is 157 Å². The van der Waals surface area contributed by atoms with Crippen LogP contribution >= 0.6 is 0 Å². The van der Waals surface area contributed by atoms with Crippen LogP contribution in [0.15, 0.2) is 41.3 Å². The van der Waals surface area contributed by atoms with Gasteiger partial charge in [-0.2, -0.15) is 0 Å². The van der Waals surface area contributed by atoms with E-state index in [0.29, 0.717) is 18.3 Å². The molecule has 0 atom stereocenters. The molecule has 1 heterocycles. The van der Waals surface area contributed by atoms with Crippen molar-refractivity contribution in [1.82, 2.24) is 0 Å². The standard InChI is InChI=1S/C19H20F2N2O3S/c1-12(2)19(24)23-7-3-4-13-5-6-16(11-18(13)23)22-27(25,26)17-9-14(20)8-15(21)10-17/h5-6,8-12,22H,3-4,7H2,1-2H3. The van der Waals surface area contributed by atoms with Crippen LogP contribution < -0.4 is 9.62 Å². The van der Waals surface area contributed by atoms with Crippen LogP contribution in [0.5, 0.6) is 0 Å². The number of hydrogen-bond donors (Lipinski definition) is 1. The van der Waals surface area contributed by atoms with E-state index in [1.807, 2.05) is 13.8 Å². The SMILES string of the molecule is CC(C)C(=O)N1CCCc2ccc(NS(=O)(=O)c3cc(F)cc(F)c3)cc21. The molecule has 1 amide bonds. The molecule has 1 aliphatic heterocycles. The molecule has 27 heavy (non-hydrogen) atoms. The largest absolute Gasteiger partial charge is 0.312 e. The van der Waals surface area contributed by atoms with E-state index in [1.165, 1.54) is 0 Å². The second-order valence-corrected chi connectivity index (χ2v) is 8.48. The summed E-state index contributed by atoms with van der Waals surface area (Å²) in [6.45, 7) is 4.18. The van der Waals surface area contributed by atoms with Crippen LogP contribution in [0, 0.1) is 17.6 Å². The van der Waals surface area contributed by atoms with Crippen LogP contribution in [-0.2, 0) is 21.2 Å². The number of rotatable bonds is 4. The summed E-state index contributed by atoms with van der Waals surface area (Å²) in [5.41, 5.74) is 1.84. The zero-order valence-corrected chi connectivity index (χ0v) is 15.8. The number of amides is 1. The van der Waals surface area contributed by atoms with Gasteiger partial charge in [-0.1, -0.05) is 19.9 Å². The monoisotopic (exact) mass is 394 g/mol. The molecule has 8 heteroatoms. The molecule has 3 rings (SSSR count). The first kappa shape index (κ1) is 19.3. The number of benzene rings is 2. The van der Waals surface area contributed by atoms with Gasteiger partial charge in [0.15, 0.2) is 0 Å². The van der Waals surface area contributed by atoms with Crippen molar-refractivity contribution in [3.05, 3.63) is 53.6 Å². The third kappa shape index (κ3) is 4.10.